The predicted octanol–water partition coefficient (Wildman–Crippen LogP) is 2.02. The molecule has 5 nitrogen and oxygen atoms in total. The fourth-order valence-electron chi connectivity index (χ4n) is 1.91. The molecule has 0 atom stereocenters. The molecule has 22 heavy (non-hydrogen) atoms. The number of aromatic nitrogens is 1. The molecule has 3 rings (SSSR count). The molecule has 0 amide bonds. The van der Waals surface area contributed by atoms with E-state index >= 15 is 0 Å². The molecule has 1 fully saturated rings. The minimum absolute atomic E-state index is 0.0118. The molecule has 0 saturated carbocycles. The highest BCUT2D eigenvalue weighted by atomic mass is 19.1. The Balaban J connectivity index is 1.61. The first-order chi connectivity index (χ1) is 11.1. The number of nitrogens with zero attached hydrogens (tertiary/aromatic N) is 2. The third-order valence-electron chi connectivity index (χ3n) is 3.21. The number of rotatable bonds is 5. The summed E-state index contributed by atoms with van der Waals surface area (Å²) in [4.78, 5) is 4.20. The third kappa shape index (κ3) is 3.32. The van der Waals surface area contributed by atoms with Crippen LogP contribution in [0.3, 0.4) is 0 Å². The molecule has 1 saturated heterocycles. The van der Waals surface area contributed by atoms with Gasteiger partial charge in [0.25, 0.3) is 0 Å². The first-order valence-corrected chi connectivity index (χ1v) is 6.83. The molecule has 1 aliphatic heterocycles. The van der Waals surface area contributed by atoms with Gasteiger partial charge in [-0.15, -0.1) is 0 Å². The molecular weight excluding hydrogens is 285 g/mol. The van der Waals surface area contributed by atoms with Crippen molar-refractivity contribution in [1.82, 2.24) is 10.3 Å². The Morgan fingerprint density at radius 2 is 2.18 bits per heavy atom. The Bertz CT molecular complexity index is 744. The van der Waals surface area contributed by atoms with Crippen LogP contribution >= 0.6 is 0 Å². The normalized spacial score (nSPS) is 15.5. The van der Waals surface area contributed by atoms with Gasteiger partial charge in [-0.3, -0.25) is 0 Å². The van der Waals surface area contributed by atoms with E-state index in [1.54, 1.807) is 18.2 Å². The van der Waals surface area contributed by atoms with Gasteiger partial charge in [-0.05, 0) is 12.1 Å². The fraction of sp³-hybridized carbons (Fsp3) is 0.250. The second kappa shape index (κ2) is 6.41. The van der Waals surface area contributed by atoms with Crippen molar-refractivity contribution in [3.05, 3.63) is 53.3 Å². The largest absolute Gasteiger partial charge is 0.473 e. The summed E-state index contributed by atoms with van der Waals surface area (Å²) in [5.74, 6) is 0.260. The van der Waals surface area contributed by atoms with Crippen LogP contribution in [0.2, 0.25) is 1.41 Å². The van der Waals surface area contributed by atoms with Crippen LogP contribution in [0.5, 0.6) is 11.8 Å². The number of nitrogens with one attached hydrogen (secondary N) is 1. The van der Waals surface area contributed by atoms with E-state index in [0.717, 1.165) is 0 Å². The summed E-state index contributed by atoms with van der Waals surface area (Å²) in [6.45, 7) is 1.10. The fourth-order valence-corrected chi connectivity index (χ4v) is 1.91. The highest BCUT2D eigenvalue weighted by Crippen LogP contribution is 2.18. The van der Waals surface area contributed by atoms with E-state index < -0.39 is 5.82 Å². The quantitative estimate of drug-likeness (QED) is 0.915. The van der Waals surface area contributed by atoms with E-state index in [2.05, 4.69) is 4.98 Å². The Morgan fingerprint density at radius 1 is 1.36 bits per heavy atom. The average Bonchev–Trinajstić information content (AvgIpc) is 2.52. The molecule has 1 aromatic carbocycles. The summed E-state index contributed by atoms with van der Waals surface area (Å²) in [5.41, 5.74) is 0.615. The van der Waals surface area contributed by atoms with Crippen molar-refractivity contribution in [3.63, 3.8) is 0 Å². The van der Waals surface area contributed by atoms with Crippen LogP contribution < -0.4 is 14.8 Å². The Morgan fingerprint density at radius 3 is 2.91 bits per heavy atom. The zero-order chi connectivity index (χ0) is 16.2. The maximum atomic E-state index is 13.8. The Kier molecular flexibility index (Phi) is 3.80. The minimum Gasteiger partial charge on any atom is -0.473 e. The topological polar surface area (TPSA) is 67.2 Å². The molecule has 2 heterocycles. The number of nitriles is 1. The molecule has 1 aliphatic rings. The van der Waals surface area contributed by atoms with Gasteiger partial charge in [-0.25, -0.2) is 4.39 Å². The number of benzene rings is 1. The molecular formula is C16H14FN3O2. The van der Waals surface area contributed by atoms with E-state index in [0.29, 0.717) is 30.4 Å². The lowest BCUT2D eigenvalue weighted by Gasteiger charge is -2.27. The summed E-state index contributed by atoms with van der Waals surface area (Å²) < 4.78 is 32.2. The Hall–Kier alpha value is -2.65. The van der Waals surface area contributed by atoms with Gasteiger partial charge in [0.1, 0.15) is 19.9 Å². The number of hydrogen-bond donors (Lipinski definition) is 1. The van der Waals surface area contributed by atoms with Crippen LogP contribution in [0.25, 0.3) is 0 Å². The van der Waals surface area contributed by atoms with Crippen molar-refractivity contribution in [1.29, 1.82) is 5.26 Å². The van der Waals surface area contributed by atoms with Crippen molar-refractivity contribution in [2.45, 2.75) is 12.7 Å². The molecule has 0 bridgehead atoms. The summed E-state index contributed by atoms with van der Waals surface area (Å²) >= 11 is 0. The molecule has 6 heteroatoms. The number of hydrogen-bond acceptors (Lipinski definition) is 5. The smallest absolute Gasteiger partial charge is 0.216 e. The summed E-state index contributed by atoms with van der Waals surface area (Å²) in [6, 6.07) is 11.2. The van der Waals surface area contributed by atoms with Crippen molar-refractivity contribution < 1.29 is 15.3 Å². The highest BCUT2D eigenvalue weighted by Gasteiger charge is 2.18. The van der Waals surface area contributed by atoms with Gasteiger partial charge in [0, 0.05) is 30.8 Å². The van der Waals surface area contributed by atoms with Crippen molar-refractivity contribution in [3.8, 4) is 17.8 Å². The number of pyridine rings is 1. The van der Waals surface area contributed by atoms with Gasteiger partial charge in [-0.2, -0.15) is 10.2 Å². The molecule has 0 spiro atoms. The van der Waals surface area contributed by atoms with Crippen molar-refractivity contribution in [2.75, 3.05) is 13.1 Å². The summed E-state index contributed by atoms with van der Waals surface area (Å²) in [7, 11) is 0. The molecule has 1 N–H and O–H groups in total. The maximum Gasteiger partial charge on any atom is 0.216 e. The van der Waals surface area contributed by atoms with Crippen LogP contribution in [-0.4, -0.2) is 24.2 Å². The molecule has 2 aromatic rings. The van der Waals surface area contributed by atoms with Crippen LogP contribution in [-0.2, 0) is 6.61 Å². The molecule has 0 aliphatic carbocycles. The Labute approximate surface area is 128 Å². The van der Waals surface area contributed by atoms with Crippen LogP contribution in [0.15, 0.2) is 36.4 Å². The van der Waals surface area contributed by atoms with Gasteiger partial charge < -0.3 is 14.8 Å². The van der Waals surface area contributed by atoms with Gasteiger partial charge in [0.05, 0.1) is 11.6 Å². The monoisotopic (exact) mass is 300 g/mol. The SMILES string of the molecule is [2H]N1CC(Oc2cccc(OCc3ccc(C#N)cc3F)n2)C1. The van der Waals surface area contributed by atoms with E-state index in [-0.39, 0.29) is 18.3 Å². The second-order valence-electron chi connectivity index (χ2n) is 4.85. The van der Waals surface area contributed by atoms with Gasteiger partial charge >= 0.3 is 0 Å². The second-order valence-corrected chi connectivity index (χ2v) is 4.85. The molecule has 0 radical (unpaired) electrons. The molecule has 0 unspecified atom stereocenters. The van der Waals surface area contributed by atoms with Gasteiger partial charge in [-0.1, -0.05) is 12.1 Å². The van der Waals surface area contributed by atoms with E-state index in [1.807, 2.05) is 6.07 Å². The maximum absolute atomic E-state index is 13.8. The summed E-state index contributed by atoms with van der Waals surface area (Å²) in [5, 5.41) is 10.1. The first-order valence-electron chi connectivity index (χ1n) is 7.27. The lowest BCUT2D eigenvalue weighted by Crippen LogP contribution is -2.50. The standard InChI is InChI=1S/C16H14FN3O2/c17-14-6-11(7-18)4-5-12(14)10-21-15-2-1-3-16(20-15)22-13-8-19-9-13/h1-6,13,19H,8-10H2/i/hD. The van der Waals surface area contributed by atoms with Gasteiger partial charge in [0.15, 0.2) is 0 Å². The first kappa shape index (κ1) is 13.0. The minimum atomic E-state index is -0.485. The summed E-state index contributed by atoms with van der Waals surface area (Å²) in [6.07, 6.45) is -0.0359. The zero-order valence-corrected chi connectivity index (χ0v) is 11.7. The van der Waals surface area contributed by atoms with E-state index in [4.69, 9.17) is 16.1 Å². The average molecular weight is 300 g/mol. The van der Waals surface area contributed by atoms with Gasteiger partial charge in [0.2, 0.25) is 11.8 Å². The third-order valence-corrected chi connectivity index (χ3v) is 3.21. The van der Waals surface area contributed by atoms with E-state index in [1.165, 1.54) is 23.5 Å². The van der Waals surface area contributed by atoms with Crippen LogP contribution in [0.1, 0.15) is 11.1 Å². The number of halogens is 1. The lowest BCUT2D eigenvalue weighted by atomic mass is 10.1. The molecule has 1 aromatic heterocycles. The van der Waals surface area contributed by atoms with Crippen molar-refractivity contribution in [2.24, 2.45) is 0 Å². The van der Waals surface area contributed by atoms with Crippen LogP contribution in [0.4, 0.5) is 4.39 Å². The zero-order valence-electron chi connectivity index (χ0n) is 12.7. The highest BCUT2D eigenvalue weighted by molar-refractivity contribution is 5.32. The lowest BCUT2D eigenvalue weighted by molar-refractivity contribution is 0.134. The van der Waals surface area contributed by atoms with E-state index in [9.17, 15) is 4.39 Å². The number of ether oxygens (including phenoxy) is 2. The van der Waals surface area contributed by atoms with Crippen molar-refractivity contribution >= 4 is 0 Å². The predicted molar refractivity (Wildman–Crippen MR) is 77.0 cm³/mol. The molecule has 112 valence electrons. The van der Waals surface area contributed by atoms with Crippen LogP contribution in [0, 0.1) is 17.1 Å².